The lowest BCUT2D eigenvalue weighted by atomic mass is 10.2. The highest BCUT2D eigenvalue weighted by Crippen LogP contribution is 2.05. The number of amides is 1. The highest BCUT2D eigenvalue weighted by molar-refractivity contribution is 5.75. The molecule has 0 unspecified atom stereocenters. The van der Waals surface area contributed by atoms with E-state index in [4.69, 9.17) is 4.74 Å². The van der Waals surface area contributed by atoms with Crippen LogP contribution in [-0.4, -0.2) is 57.0 Å². The number of aryl methyl sites for hydroxylation is 1. The molecular weight excluding hydrogens is 274 g/mol. The summed E-state index contributed by atoms with van der Waals surface area (Å²) >= 11 is 0. The Kier molecular flexibility index (Phi) is 3.53. The van der Waals surface area contributed by atoms with Crippen LogP contribution in [0.25, 0.3) is 5.69 Å². The van der Waals surface area contributed by atoms with E-state index in [0.717, 1.165) is 14.9 Å². The van der Waals surface area contributed by atoms with E-state index in [1.165, 1.54) is 4.90 Å². The van der Waals surface area contributed by atoms with Gasteiger partial charge in [0.25, 0.3) is 0 Å². The van der Waals surface area contributed by atoms with Crippen molar-refractivity contribution >= 4 is 6.03 Å². The van der Waals surface area contributed by atoms with Gasteiger partial charge in [0.1, 0.15) is 0 Å². The third-order valence-corrected chi connectivity index (χ3v) is 3.32. The molecule has 0 spiro atoms. The molecule has 2 aromatic rings. The van der Waals surface area contributed by atoms with Crippen LogP contribution in [0.3, 0.4) is 0 Å². The maximum atomic E-state index is 12.3. The summed E-state index contributed by atoms with van der Waals surface area (Å²) in [6, 6.07) is 6.78. The number of hydrogen-bond donors (Lipinski definition) is 0. The molecule has 1 saturated heterocycles. The average molecular weight is 289 g/mol. The van der Waals surface area contributed by atoms with Crippen LogP contribution in [0.2, 0.25) is 0 Å². The van der Waals surface area contributed by atoms with Gasteiger partial charge in [-0.25, -0.2) is 9.59 Å². The first-order chi connectivity index (χ1) is 10.2. The van der Waals surface area contributed by atoms with Crippen LogP contribution in [0.4, 0.5) is 4.79 Å². The highest BCUT2D eigenvalue weighted by Gasteiger charge is 2.23. The van der Waals surface area contributed by atoms with Crippen molar-refractivity contribution < 1.29 is 9.53 Å². The molecule has 1 fully saturated rings. The van der Waals surface area contributed by atoms with E-state index in [1.807, 2.05) is 19.1 Å². The molecule has 1 aromatic carbocycles. The van der Waals surface area contributed by atoms with Crippen molar-refractivity contribution in [3.05, 3.63) is 40.3 Å². The normalized spacial score (nSPS) is 15.2. The van der Waals surface area contributed by atoms with Crippen LogP contribution in [0.5, 0.6) is 0 Å². The van der Waals surface area contributed by atoms with E-state index >= 15 is 0 Å². The van der Waals surface area contributed by atoms with Crippen LogP contribution in [0.15, 0.2) is 29.1 Å². The molecular formula is C13H15N5O3. The first kappa shape index (κ1) is 13.5. The Morgan fingerprint density at radius 1 is 1.14 bits per heavy atom. The van der Waals surface area contributed by atoms with Gasteiger partial charge in [-0.2, -0.15) is 4.68 Å². The van der Waals surface area contributed by atoms with Gasteiger partial charge < -0.3 is 9.64 Å². The zero-order chi connectivity index (χ0) is 14.8. The predicted octanol–water partition coefficient (Wildman–Crippen LogP) is 0.0377. The molecule has 1 aliphatic rings. The Morgan fingerprint density at radius 2 is 1.81 bits per heavy atom. The molecule has 1 aliphatic heterocycles. The SMILES string of the molecule is Cc1ccc(-n2nnn(C(=O)N3CCOCC3)c2=O)cc1. The molecule has 8 nitrogen and oxygen atoms in total. The van der Waals surface area contributed by atoms with E-state index in [9.17, 15) is 9.59 Å². The topological polar surface area (TPSA) is 82.2 Å². The van der Waals surface area contributed by atoms with Crippen molar-refractivity contribution in [3.63, 3.8) is 0 Å². The van der Waals surface area contributed by atoms with Gasteiger partial charge in [-0.05, 0) is 29.5 Å². The molecule has 0 bridgehead atoms. The molecule has 0 atom stereocenters. The van der Waals surface area contributed by atoms with Crippen LogP contribution < -0.4 is 5.69 Å². The largest absolute Gasteiger partial charge is 0.378 e. The van der Waals surface area contributed by atoms with Crippen molar-refractivity contribution in [2.75, 3.05) is 26.3 Å². The predicted molar refractivity (Wildman–Crippen MR) is 73.5 cm³/mol. The van der Waals surface area contributed by atoms with Gasteiger partial charge in [0.05, 0.1) is 18.9 Å². The van der Waals surface area contributed by atoms with Crippen LogP contribution in [0, 0.1) is 6.92 Å². The number of rotatable bonds is 1. The minimum atomic E-state index is -0.574. The number of tetrazole rings is 1. The standard InChI is InChI=1S/C13H15N5O3/c1-10-2-4-11(5-3-10)17-13(20)18(15-14-17)12(19)16-6-8-21-9-7-16/h2-5H,6-9H2,1H3. The third-order valence-electron chi connectivity index (χ3n) is 3.32. The fourth-order valence-corrected chi connectivity index (χ4v) is 2.10. The summed E-state index contributed by atoms with van der Waals surface area (Å²) in [7, 11) is 0. The van der Waals surface area contributed by atoms with Gasteiger partial charge in [-0.1, -0.05) is 17.7 Å². The summed E-state index contributed by atoms with van der Waals surface area (Å²) in [4.78, 5) is 26.0. The number of morpholine rings is 1. The van der Waals surface area contributed by atoms with E-state index in [2.05, 4.69) is 10.4 Å². The smallest absolute Gasteiger partial charge is 0.377 e. The summed E-state index contributed by atoms with van der Waals surface area (Å²) in [5.74, 6) is 0. The summed E-state index contributed by atoms with van der Waals surface area (Å²) in [5, 5.41) is 7.44. The Bertz CT molecular complexity index is 697. The van der Waals surface area contributed by atoms with Gasteiger partial charge in [0.15, 0.2) is 0 Å². The van der Waals surface area contributed by atoms with Crippen molar-refractivity contribution in [1.82, 2.24) is 24.7 Å². The first-order valence-electron chi connectivity index (χ1n) is 6.66. The average Bonchev–Trinajstić information content (AvgIpc) is 2.90. The van der Waals surface area contributed by atoms with Crippen molar-refractivity contribution in [2.24, 2.45) is 0 Å². The Labute approximate surface area is 120 Å². The molecule has 0 aliphatic carbocycles. The molecule has 1 aromatic heterocycles. The minimum absolute atomic E-state index is 0.447. The van der Waals surface area contributed by atoms with Gasteiger partial charge >= 0.3 is 11.7 Å². The lowest BCUT2D eigenvalue weighted by Gasteiger charge is -2.25. The number of hydrogen-bond acceptors (Lipinski definition) is 5. The van der Waals surface area contributed by atoms with Crippen LogP contribution >= 0.6 is 0 Å². The van der Waals surface area contributed by atoms with E-state index in [0.29, 0.717) is 32.0 Å². The Balaban J connectivity index is 1.90. The van der Waals surface area contributed by atoms with E-state index in [1.54, 1.807) is 12.1 Å². The second-order valence-electron chi connectivity index (χ2n) is 4.80. The monoisotopic (exact) mass is 289 g/mol. The summed E-state index contributed by atoms with van der Waals surface area (Å²) in [6.45, 7) is 3.77. The molecule has 110 valence electrons. The number of carbonyl (C=O) groups is 1. The van der Waals surface area contributed by atoms with Crippen molar-refractivity contribution in [1.29, 1.82) is 0 Å². The number of carbonyl (C=O) groups excluding carboxylic acids is 1. The zero-order valence-corrected chi connectivity index (χ0v) is 11.6. The maximum absolute atomic E-state index is 12.3. The fraction of sp³-hybridized carbons (Fsp3) is 0.385. The van der Waals surface area contributed by atoms with Crippen LogP contribution in [-0.2, 0) is 4.74 Å². The summed E-state index contributed by atoms with van der Waals surface area (Å²) in [6.07, 6.45) is 0. The third kappa shape index (κ3) is 2.57. The first-order valence-corrected chi connectivity index (χ1v) is 6.66. The molecule has 21 heavy (non-hydrogen) atoms. The van der Waals surface area contributed by atoms with Gasteiger partial charge in [-0.15, -0.1) is 4.68 Å². The number of aromatic nitrogens is 4. The van der Waals surface area contributed by atoms with Crippen molar-refractivity contribution in [3.8, 4) is 5.69 Å². The number of benzene rings is 1. The molecule has 0 radical (unpaired) electrons. The summed E-state index contributed by atoms with van der Waals surface area (Å²) in [5.41, 5.74) is 1.07. The lowest BCUT2D eigenvalue weighted by molar-refractivity contribution is 0.0525. The van der Waals surface area contributed by atoms with Gasteiger partial charge in [-0.3, -0.25) is 0 Å². The molecule has 1 amide bonds. The molecule has 3 rings (SSSR count). The Morgan fingerprint density at radius 3 is 2.48 bits per heavy atom. The molecule has 0 N–H and O–H groups in total. The fourth-order valence-electron chi connectivity index (χ4n) is 2.10. The lowest BCUT2D eigenvalue weighted by Crippen LogP contribution is -2.46. The summed E-state index contributed by atoms with van der Waals surface area (Å²) < 4.78 is 7.07. The van der Waals surface area contributed by atoms with Gasteiger partial charge in [0, 0.05) is 13.1 Å². The Hall–Kier alpha value is -2.48. The van der Waals surface area contributed by atoms with E-state index < -0.39 is 11.7 Å². The molecule has 2 heterocycles. The number of nitrogens with zero attached hydrogens (tertiary/aromatic N) is 5. The maximum Gasteiger partial charge on any atom is 0.377 e. The quantitative estimate of drug-likeness (QED) is 0.692. The second-order valence-corrected chi connectivity index (χ2v) is 4.80. The molecule has 0 saturated carbocycles. The molecule has 8 heteroatoms. The zero-order valence-electron chi connectivity index (χ0n) is 11.6. The number of ether oxygens (including phenoxy) is 1. The second kappa shape index (κ2) is 5.49. The van der Waals surface area contributed by atoms with E-state index in [-0.39, 0.29) is 0 Å². The van der Waals surface area contributed by atoms with Gasteiger partial charge in [0.2, 0.25) is 0 Å². The van der Waals surface area contributed by atoms with Crippen LogP contribution in [0.1, 0.15) is 5.56 Å². The van der Waals surface area contributed by atoms with Crippen molar-refractivity contribution in [2.45, 2.75) is 6.92 Å². The highest BCUT2D eigenvalue weighted by atomic mass is 16.5. The minimum Gasteiger partial charge on any atom is -0.378 e.